The van der Waals surface area contributed by atoms with Crippen LogP contribution in [0.15, 0.2) is 12.3 Å². The molecule has 0 unspecified atom stereocenters. The molecule has 0 fully saturated rings. The zero-order valence-corrected chi connectivity index (χ0v) is 20.3. The molecule has 0 spiro atoms. The van der Waals surface area contributed by atoms with Gasteiger partial charge in [0.25, 0.3) is 0 Å². The molecule has 0 radical (unpaired) electrons. The Morgan fingerprint density at radius 1 is 0.875 bits per heavy atom. The number of hydrogen-bond acceptors (Lipinski definition) is 1. The third-order valence-corrected chi connectivity index (χ3v) is 21.1. The summed E-state index contributed by atoms with van der Waals surface area (Å²) >= 11 is -2.41. The van der Waals surface area contributed by atoms with Gasteiger partial charge in [0.15, 0.2) is 0 Å². The Morgan fingerprint density at radius 2 is 1.33 bits per heavy atom. The number of hydrogen-bond donors (Lipinski definition) is 0. The summed E-state index contributed by atoms with van der Waals surface area (Å²) in [5.74, 6) is 0. The van der Waals surface area contributed by atoms with Crippen molar-refractivity contribution in [1.82, 2.24) is 4.98 Å². The second-order valence-corrected chi connectivity index (χ2v) is 21.6. The van der Waals surface area contributed by atoms with Crippen LogP contribution in [-0.4, -0.2) is 23.4 Å². The first-order valence-corrected chi connectivity index (χ1v) is 17.8. The summed E-state index contributed by atoms with van der Waals surface area (Å²) < 4.78 is 6.14. The van der Waals surface area contributed by atoms with Crippen LogP contribution in [0.1, 0.15) is 91.2 Å². The van der Waals surface area contributed by atoms with Gasteiger partial charge in [-0.1, -0.05) is 0 Å². The molecule has 138 valence electrons. The van der Waals surface area contributed by atoms with Gasteiger partial charge in [0, 0.05) is 0 Å². The van der Waals surface area contributed by atoms with Crippen molar-refractivity contribution in [2.24, 2.45) is 0 Å². The average Bonchev–Trinajstić information content (AvgIpc) is 2.54. The number of pyridine rings is 1. The Hall–Kier alpha value is -0.0513. The Kier molecular flexibility index (Phi) is 9.33. The molecule has 1 aromatic heterocycles. The fraction of sp³-hybridized carbons (Fsp3) is 0.773. The number of aromatic nitrogens is 1. The molecule has 1 heterocycles. The zero-order chi connectivity index (χ0) is 18.2. The van der Waals surface area contributed by atoms with Gasteiger partial charge in [-0.05, 0) is 0 Å². The summed E-state index contributed by atoms with van der Waals surface area (Å²) in [6.45, 7) is 16.5. The maximum absolute atomic E-state index is 5.08. The normalized spacial score (nSPS) is 12.6. The van der Waals surface area contributed by atoms with Gasteiger partial charge in [0.05, 0.1) is 0 Å². The van der Waals surface area contributed by atoms with Gasteiger partial charge in [-0.25, -0.2) is 0 Å². The van der Waals surface area contributed by atoms with Gasteiger partial charge in [-0.3, -0.25) is 0 Å². The van der Waals surface area contributed by atoms with Crippen LogP contribution >= 0.6 is 0 Å². The Balaban J connectivity index is 3.39. The molecule has 0 aliphatic heterocycles. The molecule has 0 atom stereocenters. The Morgan fingerprint density at radius 3 is 1.71 bits per heavy atom. The summed E-state index contributed by atoms with van der Waals surface area (Å²) in [7, 11) is 0. The van der Waals surface area contributed by atoms with E-state index in [1.54, 1.807) is 9.27 Å². The molecular weight excluding hydrogens is 397 g/mol. The van der Waals surface area contributed by atoms with E-state index in [-0.39, 0.29) is 5.41 Å². The van der Waals surface area contributed by atoms with Crippen molar-refractivity contribution in [3.63, 3.8) is 0 Å². The van der Waals surface area contributed by atoms with Crippen LogP contribution in [0.3, 0.4) is 0 Å². The predicted octanol–water partition coefficient (Wildman–Crippen LogP) is 6.74. The molecule has 0 N–H and O–H groups in total. The quantitative estimate of drug-likeness (QED) is 0.369. The van der Waals surface area contributed by atoms with E-state index in [1.807, 2.05) is 0 Å². The van der Waals surface area contributed by atoms with Crippen LogP contribution in [0.4, 0.5) is 0 Å². The van der Waals surface area contributed by atoms with Crippen molar-refractivity contribution in [2.45, 2.75) is 106 Å². The van der Waals surface area contributed by atoms with Crippen molar-refractivity contribution >= 4 is 22.1 Å². The Labute approximate surface area is 155 Å². The van der Waals surface area contributed by atoms with Crippen LogP contribution in [-0.2, 0) is 5.41 Å². The molecule has 0 aliphatic rings. The van der Waals surface area contributed by atoms with E-state index < -0.39 is 18.4 Å². The van der Waals surface area contributed by atoms with Crippen molar-refractivity contribution in [1.29, 1.82) is 0 Å². The third-order valence-electron chi connectivity index (χ3n) is 5.54. The van der Waals surface area contributed by atoms with E-state index in [9.17, 15) is 0 Å². The fourth-order valence-corrected chi connectivity index (χ4v) is 20.8. The average molecular weight is 438 g/mol. The van der Waals surface area contributed by atoms with Gasteiger partial charge in [-0.15, -0.1) is 0 Å². The van der Waals surface area contributed by atoms with Crippen molar-refractivity contribution in [3.05, 3.63) is 23.4 Å². The standard InChI is InChI=1S/C10H14N.3C4H9.Sn/c1-8-7-11-6-5-9(8)10(2,3)4;3*1-3-4-2;/h5-6H,1-4H3;3*1,3-4H2,2H3;. The summed E-state index contributed by atoms with van der Waals surface area (Å²) in [5, 5.41) is 0. The molecule has 0 saturated heterocycles. The summed E-state index contributed by atoms with van der Waals surface area (Å²) in [5.41, 5.74) is 3.29. The maximum atomic E-state index is 5.08. The fourth-order valence-electron chi connectivity index (χ4n) is 4.16. The predicted molar refractivity (Wildman–Crippen MR) is 112 cm³/mol. The van der Waals surface area contributed by atoms with Crippen LogP contribution in [0, 0.1) is 6.92 Å². The second kappa shape index (κ2) is 10.2. The molecule has 1 rings (SSSR count). The number of nitrogens with zero attached hydrogens (tertiary/aromatic N) is 1. The topological polar surface area (TPSA) is 12.9 Å². The summed E-state index contributed by atoms with van der Waals surface area (Å²) in [6, 6.07) is 2.27. The van der Waals surface area contributed by atoms with Gasteiger partial charge >= 0.3 is 156 Å². The minimum absolute atomic E-state index is 0.222. The Bertz CT molecular complexity index is 465. The van der Waals surface area contributed by atoms with Gasteiger partial charge in [0.1, 0.15) is 0 Å². The number of rotatable bonds is 10. The monoisotopic (exact) mass is 439 g/mol. The molecule has 0 aliphatic carbocycles. The van der Waals surface area contributed by atoms with Crippen LogP contribution < -0.4 is 3.71 Å². The molecule has 0 amide bonds. The van der Waals surface area contributed by atoms with E-state index in [1.165, 1.54) is 57.4 Å². The molecule has 1 aromatic rings. The van der Waals surface area contributed by atoms with Crippen LogP contribution in [0.2, 0.25) is 13.3 Å². The molecule has 0 bridgehead atoms. The van der Waals surface area contributed by atoms with E-state index in [0.29, 0.717) is 0 Å². The molecular formula is C22H41NSn. The molecule has 1 nitrogen and oxygen atoms in total. The van der Waals surface area contributed by atoms with Gasteiger partial charge in [0.2, 0.25) is 0 Å². The van der Waals surface area contributed by atoms with E-state index in [2.05, 4.69) is 60.7 Å². The van der Waals surface area contributed by atoms with E-state index >= 15 is 0 Å². The van der Waals surface area contributed by atoms with Gasteiger partial charge in [-0.2, -0.15) is 0 Å². The van der Waals surface area contributed by atoms with E-state index in [4.69, 9.17) is 4.98 Å². The third kappa shape index (κ3) is 5.74. The summed E-state index contributed by atoms with van der Waals surface area (Å²) in [4.78, 5) is 5.08. The molecule has 0 aromatic carbocycles. The zero-order valence-electron chi connectivity index (χ0n) is 17.5. The van der Waals surface area contributed by atoms with Crippen molar-refractivity contribution in [2.75, 3.05) is 0 Å². The number of unbranched alkanes of at least 4 members (excludes halogenated alkanes) is 3. The van der Waals surface area contributed by atoms with Gasteiger partial charge < -0.3 is 0 Å². The second-order valence-electron chi connectivity index (χ2n) is 8.67. The van der Waals surface area contributed by atoms with Crippen LogP contribution in [0.5, 0.6) is 0 Å². The minimum atomic E-state index is -2.41. The molecule has 24 heavy (non-hydrogen) atoms. The first-order chi connectivity index (χ1) is 11.3. The van der Waals surface area contributed by atoms with Crippen molar-refractivity contribution < 1.29 is 0 Å². The van der Waals surface area contributed by atoms with Crippen molar-refractivity contribution in [3.8, 4) is 0 Å². The van der Waals surface area contributed by atoms with Crippen LogP contribution in [0.25, 0.3) is 0 Å². The first-order valence-electron chi connectivity index (χ1n) is 10.3. The van der Waals surface area contributed by atoms with E-state index in [0.717, 1.165) is 0 Å². The first kappa shape index (κ1) is 22.0. The molecule has 2 heteroatoms. The summed E-state index contributed by atoms with van der Waals surface area (Å²) in [6.07, 6.45) is 10.3. The molecule has 0 saturated carbocycles. The SMILES string of the molecule is CCC[CH2][Sn]([CH2]CCC)([CH2]CCC)[c]1nccc(C(C)(C)C)c1C.